The molecule has 0 fully saturated rings. The highest BCUT2D eigenvalue weighted by atomic mass is 32.2. The van der Waals surface area contributed by atoms with Crippen molar-refractivity contribution < 1.29 is 23.1 Å². The quantitative estimate of drug-likeness (QED) is 0.926. The van der Waals surface area contributed by atoms with E-state index < -0.39 is 11.5 Å². The summed E-state index contributed by atoms with van der Waals surface area (Å²) in [6, 6.07) is 4.79. The molecular weight excluding hydrogens is 279 g/mol. The Hall–Kier alpha value is -1.37. The Balaban J connectivity index is 2.04. The maximum Gasteiger partial charge on any atom is 0.441 e. The molecule has 1 aliphatic heterocycles. The summed E-state index contributed by atoms with van der Waals surface area (Å²) in [6.45, 7) is 0.900. The average molecular weight is 291 g/mol. The van der Waals surface area contributed by atoms with E-state index in [-0.39, 0.29) is 29.6 Å². The molecule has 1 heterocycles. The number of rotatable bonds is 4. The third kappa shape index (κ3) is 3.56. The van der Waals surface area contributed by atoms with E-state index in [9.17, 15) is 18.0 Å². The molecule has 0 spiro atoms. The molecule has 0 saturated heterocycles. The van der Waals surface area contributed by atoms with E-state index in [4.69, 9.17) is 5.11 Å². The Morgan fingerprint density at radius 2 is 2.16 bits per heavy atom. The van der Waals surface area contributed by atoms with E-state index in [0.717, 1.165) is 17.7 Å². The van der Waals surface area contributed by atoms with Gasteiger partial charge in [-0.3, -0.25) is 0 Å². The summed E-state index contributed by atoms with van der Waals surface area (Å²) in [5, 5.41) is 8.91. The summed E-state index contributed by atoms with van der Waals surface area (Å²) < 4.78 is 36.2. The molecule has 0 aliphatic carbocycles. The molecule has 0 atom stereocenters. The molecule has 1 aromatic rings. The average Bonchev–Trinajstić information content (AvgIpc) is 2.70. The lowest BCUT2D eigenvalue weighted by atomic mass is 10.1. The van der Waals surface area contributed by atoms with Gasteiger partial charge >= 0.3 is 11.5 Å². The van der Waals surface area contributed by atoms with Crippen LogP contribution in [-0.2, 0) is 6.42 Å². The Bertz CT molecular complexity index is 490. The van der Waals surface area contributed by atoms with Crippen LogP contribution < -0.4 is 4.90 Å². The minimum Gasteiger partial charge on any atom is -0.478 e. The van der Waals surface area contributed by atoms with Gasteiger partial charge in [0, 0.05) is 24.5 Å². The van der Waals surface area contributed by atoms with Gasteiger partial charge in [-0.15, -0.1) is 0 Å². The maximum absolute atomic E-state index is 12.1. The number of hydrogen-bond acceptors (Lipinski definition) is 3. The molecule has 1 aliphatic rings. The molecule has 104 valence electrons. The fourth-order valence-corrected chi connectivity index (χ4v) is 2.63. The predicted octanol–water partition coefficient (Wildman–Crippen LogP) is 3.00. The van der Waals surface area contributed by atoms with E-state index in [2.05, 4.69) is 0 Å². The minimum atomic E-state index is -4.22. The number of alkyl halides is 3. The molecule has 2 rings (SSSR count). The third-order valence-electron chi connectivity index (χ3n) is 2.95. The van der Waals surface area contributed by atoms with Crippen LogP contribution in [0.2, 0.25) is 0 Å². The van der Waals surface area contributed by atoms with Crippen LogP contribution in [0.1, 0.15) is 15.9 Å². The molecular formula is C12H12F3NO2S. The Morgan fingerprint density at radius 1 is 1.42 bits per heavy atom. The minimum absolute atomic E-state index is 0.0524. The van der Waals surface area contributed by atoms with Gasteiger partial charge in [-0.1, -0.05) is 6.07 Å². The highest BCUT2D eigenvalue weighted by Crippen LogP contribution is 2.32. The summed E-state index contributed by atoms with van der Waals surface area (Å²) in [5.74, 6) is -1.08. The summed E-state index contributed by atoms with van der Waals surface area (Å²) in [6.07, 6.45) is 0.742. The number of hydrogen-bond donors (Lipinski definition) is 1. The second kappa shape index (κ2) is 5.32. The number of carboxylic acids is 1. The summed E-state index contributed by atoms with van der Waals surface area (Å²) in [5.41, 5.74) is -2.33. The van der Waals surface area contributed by atoms with Crippen LogP contribution in [-0.4, -0.2) is 35.4 Å². The number of nitrogens with zero attached hydrogens (tertiary/aromatic N) is 1. The van der Waals surface area contributed by atoms with Crippen molar-refractivity contribution >= 4 is 23.4 Å². The monoisotopic (exact) mass is 291 g/mol. The molecule has 7 heteroatoms. The predicted molar refractivity (Wildman–Crippen MR) is 67.8 cm³/mol. The van der Waals surface area contributed by atoms with Crippen molar-refractivity contribution in [2.75, 3.05) is 23.7 Å². The molecule has 3 nitrogen and oxygen atoms in total. The van der Waals surface area contributed by atoms with Crippen LogP contribution in [0.5, 0.6) is 0 Å². The second-order valence-electron chi connectivity index (χ2n) is 4.18. The smallest absolute Gasteiger partial charge is 0.441 e. The number of carboxylic acid groups (broad SMARTS) is 1. The highest BCUT2D eigenvalue weighted by Gasteiger charge is 2.28. The molecule has 0 amide bonds. The number of fused-ring (bicyclic) bond motifs is 1. The van der Waals surface area contributed by atoms with Crippen molar-refractivity contribution in [3.63, 3.8) is 0 Å². The summed E-state index contributed by atoms with van der Waals surface area (Å²) in [7, 11) is 0. The zero-order chi connectivity index (χ0) is 14.0. The topological polar surface area (TPSA) is 40.5 Å². The fourth-order valence-electron chi connectivity index (χ4n) is 2.08. The first-order valence-electron chi connectivity index (χ1n) is 5.69. The van der Waals surface area contributed by atoms with Gasteiger partial charge in [-0.2, -0.15) is 13.2 Å². The van der Waals surface area contributed by atoms with Gasteiger partial charge < -0.3 is 10.0 Å². The first kappa shape index (κ1) is 14.0. The van der Waals surface area contributed by atoms with Gasteiger partial charge in [0.2, 0.25) is 0 Å². The van der Waals surface area contributed by atoms with E-state index in [1.54, 1.807) is 11.0 Å². The number of thioether (sulfide) groups is 1. The zero-order valence-electron chi connectivity index (χ0n) is 9.91. The Morgan fingerprint density at radius 3 is 2.79 bits per heavy atom. The highest BCUT2D eigenvalue weighted by molar-refractivity contribution is 8.00. The van der Waals surface area contributed by atoms with Crippen molar-refractivity contribution in [1.82, 2.24) is 0 Å². The Kier molecular flexibility index (Phi) is 3.93. The van der Waals surface area contributed by atoms with Gasteiger partial charge in [-0.05, 0) is 35.9 Å². The number of anilines is 1. The van der Waals surface area contributed by atoms with Gasteiger partial charge in [0.15, 0.2) is 0 Å². The van der Waals surface area contributed by atoms with Gasteiger partial charge in [-0.25, -0.2) is 4.79 Å². The summed E-state index contributed by atoms with van der Waals surface area (Å²) >= 11 is -0.0524. The van der Waals surface area contributed by atoms with Gasteiger partial charge in [0.1, 0.15) is 0 Å². The normalized spacial score (nSPS) is 14.6. The van der Waals surface area contributed by atoms with E-state index in [1.807, 2.05) is 0 Å². The molecule has 0 saturated carbocycles. The lowest BCUT2D eigenvalue weighted by molar-refractivity contribution is -0.0327. The second-order valence-corrected chi connectivity index (χ2v) is 5.34. The molecule has 1 N–H and O–H groups in total. The standard InChI is InChI=1S/C12H12F3NO2S/c13-12(14,15)19-6-5-16-4-3-8-1-2-9(11(17)18)7-10(8)16/h1-2,7H,3-6H2,(H,17,18). The maximum atomic E-state index is 12.1. The van der Waals surface area contributed by atoms with E-state index in [0.29, 0.717) is 6.54 Å². The number of aromatic carboxylic acids is 1. The largest absolute Gasteiger partial charge is 0.478 e. The van der Waals surface area contributed by atoms with Crippen LogP contribution in [0.4, 0.5) is 18.9 Å². The SMILES string of the molecule is O=C(O)c1ccc2c(c1)N(CCSC(F)(F)F)CC2. The van der Waals surface area contributed by atoms with Crippen LogP contribution in [0.25, 0.3) is 0 Å². The van der Waals surface area contributed by atoms with Crippen molar-refractivity contribution in [2.45, 2.75) is 11.9 Å². The molecule has 0 radical (unpaired) electrons. The van der Waals surface area contributed by atoms with E-state index in [1.165, 1.54) is 12.1 Å². The molecule has 0 unspecified atom stereocenters. The van der Waals surface area contributed by atoms with Crippen LogP contribution in [0.3, 0.4) is 0 Å². The zero-order valence-corrected chi connectivity index (χ0v) is 10.7. The van der Waals surface area contributed by atoms with Gasteiger partial charge in [0.05, 0.1) is 5.56 Å². The van der Waals surface area contributed by atoms with E-state index >= 15 is 0 Å². The molecule has 19 heavy (non-hydrogen) atoms. The molecule has 0 aromatic heterocycles. The van der Waals surface area contributed by atoms with Crippen molar-refractivity contribution in [1.29, 1.82) is 0 Å². The van der Waals surface area contributed by atoms with Crippen molar-refractivity contribution in [2.24, 2.45) is 0 Å². The van der Waals surface area contributed by atoms with Crippen LogP contribution in [0, 0.1) is 0 Å². The van der Waals surface area contributed by atoms with Crippen molar-refractivity contribution in [3.05, 3.63) is 29.3 Å². The fraction of sp³-hybridized carbons (Fsp3) is 0.417. The lowest BCUT2D eigenvalue weighted by Crippen LogP contribution is -2.24. The summed E-state index contributed by atoms with van der Waals surface area (Å²) in [4.78, 5) is 12.7. The third-order valence-corrected chi connectivity index (χ3v) is 3.66. The Labute approximate surface area is 112 Å². The number of carbonyl (C=O) groups is 1. The lowest BCUT2D eigenvalue weighted by Gasteiger charge is -2.19. The van der Waals surface area contributed by atoms with Crippen LogP contribution in [0.15, 0.2) is 18.2 Å². The van der Waals surface area contributed by atoms with Gasteiger partial charge in [0.25, 0.3) is 0 Å². The molecule has 0 bridgehead atoms. The first-order valence-corrected chi connectivity index (χ1v) is 6.67. The van der Waals surface area contributed by atoms with Crippen molar-refractivity contribution in [3.8, 4) is 0 Å². The molecule has 1 aromatic carbocycles. The first-order chi connectivity index (χ1) is 8.87. The van der Waals surface area contributed by atoms with Crippen LogP contribution >= 0.6 is 11.8 Å². The number of benzene rings is 1. The number of halogens is 3.